The molecule has 0 aliphatic carbocycles. The molecule has 0 aliphatic heterocycles. The third-order valence-corrected chi connectivity index (χ3v) is 4.15. The second-order valence-electron chi connectivity index (χ2n) is 6.58. The Morgan fingerprint density at radius 2 is 1.88 bits per heavy atom. The van der Waals surface area contributed by atoms with E-state index in [-0.39, 0.29) is 12.6 Å². The van der Waals surface area contributed by atoms with E-state index in [1.54, 1.807) is 19.5 Å². The van der Waals surface area contributed by atoms with Crippen LogP contribution in [0.1, 0.15) is 39.2 Å². The van der Waals surface area contributed by atoms with Gasteiger partial charge in [-0.2, -0.15) is 0 Å². The second kappa shape index (κ2) is 8.11. The van der Waals surface area contributed by atoms with Crippen LogP contribution in [0.3, 0.4) is 0 Å². The van der Waals surface area contributed by atoms with Gasteiger partial charge in [0.2, 0.25) is 0 Å². The van der Waals surface area contributed by atoms with Crippen LogP contribution in [-0.2, 0) is 0 Å². The van der Waals surface area contributed by atoms with Gasteiger partial charge >= 0.3 is 0 Å². The largest absolute Gasteiger partial charge is 0.496 e. The van der Waals surface area contributed by atoms with Gasteiger partial charge in [0.15, 0.2) is 0 Å². The molecule has 0 spiro atoms. The average Bonchev–Trinajstić information content (AvgIpc) is 2.59. The summed E-state index contributed by atoms with van der Waals surface area (Å²) in [6.45, 7) is 8.48. The first kappa shape index (κ1) is 18.2. The SMILES string of the molecule is COc1ccc(C(C)C)cc1-c1cnc(N[C@H](CO)C(C)C)cn1. The molecule has 130 valence electrons. The molecule has 2 N–H and O–H groups in total. The lowest BCUT2D eigenvalue weighted by Gasteiger charge is -2.20. The number of ether oxygens (including phenoxy) is 1. The maximum Gasteiger partial charge on any atom is 0.144 e. The van der Waals surface area contributed by atoms with Crippen LogP contribution in [-0.4, -0.2) is 34.8 Å². The Labute approximate surface area is 144 Å². The first-order chi connectivity index (χ1) is 11.5. The fraction of sp³-hybridized carbons (Fsp3) is 0.474. The normalized spacial score (nSPS) is 12.5. The number of rotatable bonds is 7. The molecule has 2 aromatic rings. The lowest BCUT2D eigenvalue weighted by atomic mass is 9.99. The summed E-state index contributed by atoms with van der Waals surface area (Å²) in [5.74, 6) is 2.18. The van der Waals surface area contributed by atoms with Crippen LogP contribution in [0.2, 0.25) is 0 Å². The van der Waals surface area contributed by atoms with Crippen LogP contribution in [0, 0.1) is 5.92 Å². The molecule has 5 nitrogen and oxygen atoms in total. The van der Waals surface area contributed by atoms with E-state index >= 15 is 0 Å². The number of anilines is 1. The van der Waals surface area contributed by atoms with Gasteiger partial charge in [0.25, 0.3) is 0 Å². The standard InChI is InChI=1S/C19H27N3O2/c1-12(2)14-6-7-18(24-5)15(8-14)16-9-21-19(10-20-16)22-17(11-23)13(3)4/h6-10,12-13,17,23H,11H2,1-5H3,(H,21,22)/t17-/m1/s1. The van der Waals surface area contributed by atoms with E-state index in [9.17, 15) is 5.11 Å². The van der Waals surface area contributed by atoms with Crippen molar-refractivity contribution in [2.24, 2.45) is 5.92 Å². The van der Waals surface area contributed by atoms with Crippen LogP contribution < -0.4 is 10.1 Å². The van der Waals surface area contributed by atoms with E-state index in [4.69, 9.17) is 4.74 Å². The Bertz CT molecular complexity index is 654. The summed E-state index contributed by atoms with van der Waals surface area (Å²) in [7, 11) is 1.66. The van der Waals surface area contributed by atoms with E-state index in [1.807, 2.05) is 6.07 Å². The van der Waals surface area contributed by atoms with Crippen molar-refractivity contribution in [3.63, 3.8) is 0 Å². The Morgan fingerprint density at radius 1 is 1.12 bits per heavy atom. The average molecular weight is 329 g/mol. The Kier molecular flexibility index (Phi) is 6.15. The molecule has 0 unspecified atom stereocenters. The second-order valence-corrected chi connectivity index (χ2v) is 6.58. The predicted molar refractivity (Wildman–Crippen MR) is 97.4 cm³/mol. The van der Waals surface area contributed by atoms with Crippen molar-refractivity contribution in [3.8, 4) is 17.0 Å². The summed E-state index contributed by atoms with van der Waals surface area (Å²) in [5, 5.41) is 12.6. The number of aromatic nitrogens is 2. The smallest absolute Gasteiger partial charge is 0.144 e. The van der Waals surface area contributed by atoms with E-state index in [2.05, 4.69) is 55.1 Å². The molecule has 5 heteroatoms. The molecule has 0 amide bonds. The lowest BCUT2D eigenvalue weighted by molar-refractivity contribution is 0.249. The van der Waals surface area contributed by atoms with Crippen molar-refractivity contribution >= 4 is 5.82 Å². The molecule has 1 aromatic carbocycles. The zero-order valence-corrected chi connectivity index (χ0v) is 15.1. The minimum absolute atomic E-state index is 0.0380. The monoisotopic (exact) mass is 329 g/mol. The molecule has 24 heavy (non-hydrogen) atoms. The number of hydrogen-bond acceptors (Lipinski definition) is 5. The van der Waals surface area contributed by atoms with Gasteiger partial charge in [-0.15, -0.1) is 0 Å². The third-order valence-electron chi connectivity index (χ3n) is 4.15. The van der Waals surface area contributed by atoms with Crippen LogP contribution in [0.5, 0.6) is 5.75 Å². The molecular formula is C19H27N3O2. The molecular weight excluding hydrogens is 302 g/mol. The van der Waals surface area contributed by atoms with Crippen molar-refractivity contribution in [2.75, 3.05) is 19.0 Å². The fourth-order valence-electron chi connectivity index (χ4n) is 2.44. The predicted octanol–water partition coefficient (Wildman–Crippen LogP) is 3.70. The zero-order valence-electron chi connectivity index (χ0n) is 15.1. The number of aliphatic hydroxyl groups is 1. The van der Waals surface area contributed by atoms with Gasteiger partial charge in [-0.25, -0.2) is 4.98 Å². The van der Waals surface area contributed by atoms with Crippen LogP contribution >= 0.6 is 0 Å². The third kappa shape index (κ3) is 4.23. The number of hydrogen-bond donors (Lipinski definition) is 2. The highest BCUT2D eigenvalue weighted by Gasteiger charge is 2.14. The van der Waals surface area contributed by atoms with Gasteiger partial charge < -0.3 is 15.2 Å². The number of benzene rings is 1. The molecule has 0 radical (unpaired) electrons. The quantitative estimate of drug-likeness (QED) is 0.810. The topological polar surface area (TPSA) is 67.3 Å². The van der Waals surface area contributed by atoms with E-state index in [0.717, 1.165) is 17.0 Å². The Balaban J connectivity index is 2.29. The van der Waals surface area contributed by atoms with Crippen molar-refractivity contribution in [1.29, 1.82) is 0 Å². The van der Waals surface area contributed by atoms with E-state index in [0.29, 0.717) is 17.7 Å². The summed E-state index contributed by atoms with van der Waals surface area (Å²) >= 11 is 0. The number of nitrogens with one attached hydrogen (secondary N) is 1. The minimum atomic E-state index is -0.0380. The molecule has 0 saturated carbocycles. The number of nitrogens with zero attached hydrogens (tertiary/aromatic N) is 2. The van der Waals surface area contributed by atoms with Gasteiger partial charge in [0, 0.05) is 5.56 Å². The first-order valence-electron chi connectivity index (χ1n) is 8.34. The maximum atomic E-state index is 9.41. The highest BCUT2D eigenvalue weighted by Crippen LogP contribution is 2.31. The molecule has 0 aliphatic rings. The summed E-state index contributed by atoms with van der Waals surface area (Å²) in [4.78, 5) is 8.95. The van der Waals surface area contributed by atoms with Crippen molar-refractivity contribution in [1.82, 2.24) is 9.97 Å². The minimum Gasteiger partial charge on any atom is -0.496 e. The number of aliphatic hydroxyl groups excluding tert-OH is 1. The van der Waals surface area contributed by atoms with Gasteiger partial charge in [0.1, 0.15) is 11.6 Å². The van der Waals surface area contributed by atoms with E-state index in [1.165, 1.54) is 5.56 Å². The van der Waals surface area contributed by atoms with Crippen LogP contribution in [0.4, 0.5) is 5.82 Å². The van der Waals surface area contributed by atoms with Crippen LogP contribution in [0.15, 0.2) is 30.6 Å². The fourth-order valence-corrected chi connectivity index (χ4v) is 2.44. The van der Waals surface area contributed by atoms with Crippen molar-refractivity contribution in [3.05, 3.63) is 36.2 Å². The van der Waals surface area contributed by atoms with Gasteiger partial charge in [0.05, 0.1) is 37.8 Å². The Morgan fingerprint density at radius 3 is 2.38 bits per heavy atom. The molecule has 1 atom stereocenters. The summed E-state index contributed by atoms with van der Waals surface area (Å²) in [5.41, 5.74) is 2.94. The highest BCUT2D eigenvalue weighted by molar-refractivity contribution is 5.68. The zero-order chi connectivity index (χ0) is 17.7. The van der Waals surface area contributed by atoms with Gasteiger partial charge in [-0.05, 0) is 29.5 Å². The Hall–Kier alpha value is -2.14. The molecule has 1 aromatic heterocycles. The maximum absolute atomic E-state index is 9.41. The molecule has 0 fully saturated rings. The van der Waals surface area contributed by atoms with E-state index < -0.39 is 0 Å². The summed E-state index contributed by atoms with van der Waals surface area (Å²) in [6.07, 6.45) is 3.43. The number of methoxy groups -OCH3 is 1. The van der Waals surface area contributed by atoms with Crippen molar-refractivity contribution < 1.29 is 9.84 Å². The highest BCUT2D eigenvalue weighted by atomic mass is 16.5. The van der Waals surface area contributed by atoms with Gasteiger partial charge in [-0.1, -0.05) is 33.8 Å². The van der Waals surface area contributed by atoms with Crippen molar-refractivity contribution in [2.45, 2.75) is 39.7 Å². The summed E-state index contributed by atoms with van der Waals surface area (Å²) < 4.78 is 5.46. The summed E-state index contributed by atoms with van der Waals surface area (Å²) in [6, 6.07) is 6.11. The molecule has 0 bridgehead atoms. The molecule has 1 heterocycles. The molecule has 2 rings (SSSR count). The first-order valence-corrected chi connectivity index (χ1v) is 8.34. The van der Waals surface area contributed by atoms with Gasteiger partial charge in [-0.3, -0.25) is 4.98 Å². The molecule has 0 saturated heterocycles. The van der Waals surface area contributed by atoms with Crippen LogP contribution in [0.25, 0.3) is 11.3 Å². The lowest BCUT2D eigenvalue weighted by Crippen LogP contribution is -2.29.